The smallest absolute Gasteiger partial charge is 0.114 e. The summed E-state index contributed by atoms with van der Waals surface area (Å²) in [7, 11) is 0. The monoisotopic (exact) mass is 211 g/mol. The molecule has 0 radical (unpaired) electrons. The molecule has 1 saturated heterocycles. The van der Waals surface area contributed by atoms with Crippen LogP contribution in [-0.2, 0) is 12.2 Å². The van der Waals surface area contributed by atoms with Crippen molar-refractivity contribution in [2.45, 2.75) is 19.1 Å². The summed E-state index contributed by atoms with van der Waals surface area (Å²) in [6.45, 7) is 4.52. The molecular formula is C11H17NOS. The third kappa shape index (κ3) is 2.55. The van der Waals surface area contributed by atoms with Crippen LogP contribution in [0, 0.1) is 5.92 Å². The van der Waals surface area contributed by atoms with Crippen molar-refractivity contribution in [1.82, 2.24) is 5.32 Å². The van der Waals surface area contributed by atoms with Gasteiger partial charge in [-0.15, -0.1) is 0 Å². The van der Waals surface area contributed by atoms with E-state index >= 15 is 0 Å². The minimum atomic E-state index is 0.889. The van der Waals surface area contributed by atoms with E-state index in [0.717, 1.165) is 29.6 Å². The highest BCUT2D eigenvalue weighted by Gasteiger charge is 2.16. The molecule has 78 valence electrons. The van der Waals surface area contributed by atoms with Gasteiger partial charge in [-0.1, -0.05) is 6.92 Å². The van der Waals surface area contributed by atoms with Gasteiger partial charge in [0.25, 0.3) is 0 Å². The van der Waals surface area contributed by atoms with Crippen LogP contribution in [0.3, 0.4) is 0 Å². The van der Waals surface area contributed by atoms with Crippen LogP contribution in [0.4, 0.5) is 0 Å². The lowest BCUT2D eigenvalue weighted by atomic mass is 10.1. The Bertz CT molecular complexity index is 281. The van der Waals surface area contributed by atoms with E-state index < -0.39 is 0 Å². The van der Waals surface area contributed by atoms with Crippen molar-refractivity contribution in [1.29, 1.82) is 0 Å². The normalized spacial score (nSPS) is 16.9. The van der Waals surface area contributed by atoms with Crippen LogP contribution in [0.5, 0.6) is 0 Å². The molecule has 0 amide bonds. The number of thioether (sulfide) groups is 1. The van der Waals surface area contributed by atoms with Crippen molar-refractivity contribution >= 4 is 11.8 Å². The van der Waals surface area contributed by atoms with Crippen LogP contribution in [0.2, 0.25) is 0 Å². The van der Waals surface area contributed by atoms with Crippen molar-refractivity contribution in [3.63, 3.8) is 0 Å². The first-order chi connectivity index (χ1) is 6.88. The van der Waals surface area contributed by atoms with E-state index in [-0.39, 0.29) is 0 Å². The van der Waals surface area contributed by atoms with Crippen LogP contribution >= 0.6 is 11.8 Å². The summed E-state index contributed by atoms with van der Waals surface area (Å²) in [5, 5.41) is 3.29. The summed E-state index contributed by atoms with van der Waals surface area (Å²) in [6.07, 6.45) is 0.997. The molecule has 0 unspecified atom stereocenters. The SMILES string of the molecule is CCc1ccc(CSCC2CNC2)o1. The van der Waals surface area contributed by atoms with E-state index in [4.69, 9.17) is 4.42 Å². The third-order valence-corrected chi connectivity index (χ3v) is 3.73. The Labute approximate surface area is 89.4 Å². The van der Waals surface area contributed by atoms with Gasteiger partial charge in [0.2, 0.25) is 0 Å². The molecule has 0 atom stereocenters. The van der Waals surface area contributed by atoms with Gasteiger partial charge >= 0.3 is 0 Å². The van der Waals surface area contributed by atoms with E-state index in [1.165, 1.54) is 18.8 Å². The molecule has 0 saturated carbocycles. The summed E-state index contributed by atoms with van der Waals surface area (Å²) in [4.78, 5) is 0. The predicted octanol–water partition coefficient (Wildman–Crippen LogP) is 2.29. The molecule has 1 aliphatic heterocycles. The van der Waals surface area contributed by atoms with Crippen molar-refractivity contribution in [3.8, 4) is 0 Å². The molecule has 0 aliphatic carbocycles. The maximum absolute atomic E-state index is 5.63. The fourth-order valence-electron chi connectivity index (χ4n) is 1.48. The van der Waals surface area contributed by atoms with Crippen LogP contribution in [0.1, 0.15) is 18.4 Å². The van der Waals surface area contributed by atoms with Crippen LogP contribution < -0.4 is 5.32 Å². The third-order valence-electron chi connectivity index (χ3n) is 2.53. The zero-order chi connectivity index (χ0) is 9.80. The number of rotatable bonds is 5. The summed E-state index contributed by atoms with van der Waals surface area (Å²) in [5.74, 6) is 5.40. The number of nitrogens with one attached hydrogen (secondary N) is 1. The highest BCUT2D eigenvalue weighted by molar-refractivity contribution is 7.98. The fourth-order valence-corrected chi connectivity index (χ4v) is 2.53. The fraction of sp³-hybridized carbons (Fsp3) is 0.636. The molecule has 2 nitrogen and oxygen atoms in total. The molecule has 2 heterocycles. The highest BCUT2D eigenvalue weighted by Crippen LogP contribution is 2.19. The molecule has 2 rings (SSSR count). The Morgan fingerprint density at radius 1 is 1.43 bits per heavy atom. The van der Waals surface area contributed by atoms with E-state index in [1.54, 1.807) is 0 Å². The average molecular weight is 211 g/mol. The molecule has 1 aromatic heterocycles. The van der Waals surface area contributed by atoms with Crippen molar-refractivity contribution < 1.29 is 4.42 Å². The lowest BCUT2D eigenvalue weighted by Crippen LogP contribution is -2.43. The number of aryl methyl sites for hydroxylation is 1. The number of furan rings is 1. The minimum Gasteiger partial charge on any atom is -0.465 e. The molecule has 1 aromatic rings. The first-order valence-electron chi connectivity index (χ1n) is 5.24. The lowest BCUT2D eigenvalue weighted by molar-refractivity contribution is 0.385. The predicted molar refractivity (Wildman–Crippen MR) is 60.6 cm³/mol. The largest absolute Gasteiger partial charge is 0.465 e. The molecule has 14 heavy (non-hydrogen) atoms. The van der Waals surface area contributed by atoms with Gasteiger partial charge in [-0.05, 0) is 36.9 Å². The molecule has 1 N–H and O–H groups in total. The van der Waals surface area contributed by atoms with Gasteiger partial charge in [0.05, 0.1) is 5.75 Å². The standard InChI is InChI=1S/C11H17NOS/c1-2-10-3-4-11(13-10)8-14-7-9-5-12-6-9/h3-4,9,12H,2,5-8H2,1H3. The Balaban J connectivity index is 1.68. The van der Waals surface area contributed by atoms with Crippen molar-refractivity contribution in [2.24, 2.45) is 5.92 Å². The first kappa shape index (κ1) is 10.1. The van der Waals surface area contributed by atoms with Gasteiger partial charge in [-0.2, -0.15) is 11.8 Å². The molecular weight excluding hydrogens is 194 g/mol. The second-order valence-corrected chi connectivity index (χ2v) is 4.79. The van der Waals surface area contributed by atoms with Gasteiger partial charge < -0.3 is 9.73 Å². The van der Waals surface area contributed by atoms with Gasteiger partial charge in [-0.3, -0.25) is 0 Å². The van der Waals surface area contributed by atoms with E-state index in [0.29, 0.717) is 0 Å². The second kappa shape index (κ2) is 4.89. The van der Waals surface area contributed by atoms with E-state index in [2.05, 4.69) is 24.4 Å². The minimum absolute atomic E-state index is 0.889. The summed E-state index contributed by atoms with van der Waals surface area (Å²) < 4.78 is 5.63. The summed E-state index contributed by atoms with van der Waals surface area (Å²) in [5.41, 5.74) is 0. The maximum atomic E-state index is 5.63. The van der Waals surface area contributed by atoms with Crippen LogP contribution in [-0.4, -0.2) is 18.8 Å². The molecule has 3 heteroatoms. The van der Waals surface area contributed by atoms with Gasteiger partial charge in [0.1, 0.15) is 11.5 Å². The van der Waals surface area contributed by atoms with Gasteiger partial charge in [0.15, 0.2) is 0 Å². The quantitative estimate of drug-likeness (QED) is 0.809. The summed E-state index contributed by atoms with van der Waals surface area (Å²) >= 11 is 1.98. The Morgan fingerprint density at radius 3 is 2.79 bits per heavy atom. The first-order valence-corrected chi connectivity index (χ1v) is 6.40. The Kier molecular flexibility index (Phi) is 3.54. The second-order valence-electron chi connectivity index (χ2n) is 3.76. The zero-order valence-electron chi connectivity index (χ0n) is 8.58. The lowest BCUT2D eigenvalue weighted by Gasteiger charge is -2.26. The summed E-state index contributed by atoms with van der Waals surface area (Å²) in [6, 6.07) is 4.19. The van der Waals surface area contributed by atoms with Gasteiger partial charge in [0, 0.05) is 6.42 Å². The number of hydrogen-bond donors (Lipinski definition) is 1. The number of hydrogen-bond acceptors (Lipinski definition) is 3. The molecule has 0 aromatic carbocycles. The average Bonchev–Trinajstić information content (AvgIpc) is 2.57. The molecule has 1 aliphatic rings. The van der Waals surface area contributed by atoms with E-state index in [1.807, 2.05) is 11.8 Å². The Hall–Kier alpha value is -0.410. The highest BCUT2D eigenvalue weighted by atomic mass is 32.2. The van der Waals surface area contributed by atoms with Crippen LogP contribution in [0.15, 0.2) is 16.5 Å². The van der Waals surface area contributed by atoms with E-state index in [9.17, 15) is 0 Å². The molecule has 0 bridgehead atoms. The topological polar surface area (TPSA) is 25.2 Å². The Morgan fingerprint density at radius 2 is 2.21 bits per heavy atom. The van der Waals surface area contributed by atoms with Gasteiger partial charge in [-0.25, -0.2) is 0 Å². The van der Waals surface area contributed by atoms with Crippen molar-refractivity contribution in [2.75, 3.05) is 18.8 Å². The van der Waals surface area contributed by atoms with Crippen molar-refractivity contribution in [3.05, 3.63) is 23.7 Å². The molecule has 1 fully saturated rings. The molecule has 0 spiro atoms. The maximum Gasteiger partial charge on any atom is 0.114 e. The van der Waals surface area contributed by atoms with Crippen LogP contribution in [0.25, 0.3) is 0 Å². The zero-order valence-corrected chi connectivity index (χ0v) is 9.40.